The number of ketones is 2. The summed E-state index contributed by atoms with van der Waals surface area (Å²) in [5, 5.41) is 53.5. The Morgan fingerprint density at radius 1 is 0.967 bits per heavy atom. The van der Waals surface area contributed by atoms with Gasteiger partial charge in [-0.1, -0.05) is 38.5 Å². The van der Waals surface area contributed by atoms with Crippen molar-refractivity contribution in [3.8, 4) is 0 Å². The zero-order chi connectivity index (χ0) is 44.5. The second kappa shape index (κ2) is 22.3. The molecule has 15 nitrogen and oxygen atoms in total. The summed E-state index contributed by atoms with van der Waals surface area (Å²) in [7, 11) is 2.99. The molecule has 5 N–H and O–H groups in total. The minimum absolute atomic E-state index is 0.0475. The number of methoxy groups -OCH3 is 2. The van der Waals surface area contributed by atoms with Gasteiger partial charge in [-0.05, 0) is 102 Å². The Hall–Kier alpha value is -3.05. The lowest BCUT2D eigenvalue weighted by Crippen LogP contribution is -2.64. The van der Waals surface area contributed by atoms with Crippen LogP contribution < -0.4 is 0 Å². The van der Waals surface area contributed by atoms with Crippen molar-refractivity contribution < 1.29 is 68.5 Å². The summed E-state index contributed by atoms with van der Waals surface area (Å²) in [5.74, 6) is -9.81. The van der Waals surface area contributed by atoms with Gasteiger partial charge in [0, 0.05) is 63.9 Å². The Morgan fingerprint density at radius 2 is 1.65 bits per heavy atom. The SMILES string of the molecule is CO[C@H]1C[C@@H](C)C/C(C)=C/[C@@H](CCCC(=O)O)C(=O)C[C@H](O)[C@@H](C)[C@@H](/C(C)=C/[C@@H]2CC[C@@H](O)[C@H](CO)C2)OC(=O)[C@@H]2CCCCN2C(=O)C(=O)[C@]2(O)O[C@H]1[C@@H](OC)C[C@H]2C. The molecule has 3 heterocycles. The minimum atomic E-state index is -2.55. The van der Waals surface area contributed by atoms with Gasteiger partial charge >= 0.3 is 11.9 Å². The van der Waals surface area contributed by atoms with E-state index in [1.165, 1.54) is 14.2 Å². The molecule has 1 saturated carbocycles. The molecule has 4 aliphatic rings. The van der Waals surface area contributed by atoms with Gasteiger partial charge < -0.3 is 49.4 Å². The van der Waals surface area contributed by atoms with Gasteiger partial charge in [0.25, 0.3) is 11.7 Å². The average Bonchev–Trinajstić information content (AvgIpc) is 3.21. The molecule has 2 bridgehead atoms. The van der Waals surface area contributed by atoms with Crippen molar-refractivity contribution in [3.63, 3.8) is 0 Å². The maximum atomic E-state index is 14.3. The van der Waals surface area contributed by atoms with Crippen LogP contribution in [0.4, 0.5) is 0 Å². The first-order valence-electron chi connectivity index (χ1n) is 21.9. The van der Waals surface area contributed by atoms with Crippen molar-refractivity contribution in [2.24, 2.45) is 35.5 Å². The molecule has 0 unspecified atom stereocenters. The summed E-state index contributed by atoms with van der Waals surface area (Å²) in [6.45, 7) is 8.76. The first kappa shape index (κ1) is 49.6. The smallest absolute Gasteiger partial charge is 0.329 e. The van der Waals surface area contributed by atoms with E-state index in [9.17, 15) is 49.5 Å². The standard InChI is InChI=1S/C45H71NO14/c1-25-17-26(2)19-37(57-6)41-38(58-7)21-28(4)45(56,60-41)42(53)43(54)46-16-9-8-12-33(46)44(55)59-40(27(3)20-30-14-15-34(48)32(22-30)24-47)29(5)35(49)23-36(50)31(18-25)11-10-13-39(51)52/h18,20,26,28-35,37-38,40-41,47-49,56H,8-17,19,21-24H2,1-7H3,(H,51,52)/b25-18+,27-20+/t26-,28+,29+,30-,31+,32-,33-,34+,35-,37-,38-,40+,41+,45+/m0/s1. The fourth-order valence-electron chi connectivity index (χ4n) is 9.85. The van der Waals surface area contributed by atoms with Crippen LogP contribution >= 0.6 is 0 Å². The van der Waals surface area contributed by atoms with E-state index >= 15 is 0 Å². The number of hydrogen-bond acceptors (Lipinski definition) is 13. The second-order valence-corrected chi connectivity index (χ2v) is 18.2. The molecule has 60 heavy (non-hydrogen) atoms. The number of carbonyl (C=O) groups excluding carboxylic acids is 4. The quantitative estimate of drug-likeness (QED) is 0.126. The van der Waals surface area contributed by atoms with Crippen molar-refractivity contribution in [1.29, 1.82) is 0 Å². The summed E-state index contributed by atoms with van der Waals surface area (Å²) in [6.07, 6.45) is 2.42. The molecule has 2 saturated heterocycles. The minimum Gasteiger partial charge on any atom is -0.481 e. The molecule has 14 atom stereocenters. The molecule has 4 rings (SSSR count). The molecule has 3 fully saturated rings. The molecule has 0 spiro atoms. The molecule has 1 amide bonds. The highest BCUT2D eigenvalue weighted by Crippen LogP contribution is 2.39. The van der Waals surface area contributed by atoms with E-state index in [1.54, 1.807) is 20.8 Å². The van der Waals surface area contributed by atoms with Gasteiger partial charge in [-0.25, -0.2) is 4.79 Å². The number of aliphatic carboxylic acids is 1. The van der Waals surface area contributed by atoms with Crippen molar-refractivity contribution >= 4 is 29.4 Å². The summed E-state index contributed by atoms with van der Waals surface area (Å²) >= 11 is 0. The molecule has 3 aliphatic heterocycles. The number of allylic oxidation sites excluding steroid dienone is 3. The van der Waals surface area contributed by atoms with E-state index in [2.05, 4.69) is 0 Å². The van der Waals surface area contributed by atoms with Gasteiger partial charge in [0.05, 0.1) is 24.4 Å². The number of cyclic esters (lactones) is 1. The van der Waals surface area contributed by atoms with Crippen LogP contribution in [0, 0.1) is 35.5 Å². The molecule has 0 aromatic carbocycles. The highest BCUT2D eigenvalue weighted by molar-refractivity contribution is 6.39. The van der Waals surface area contributed by atoms with Gasteiger partial charge in [0.2, 0.25) is 5.79 Å². The van der Waals surface area contributed by atoms with E-state index in [1.807, 2.05) is 26.0 Å². The normalized spacial score (nSPS) is 39.5. The maximum absolute atomic E-state index is 14.3. The van der Waals surface area contributed by atoms with Crippen LogP contribution in [0.25, 0.3) is 0 Å². The number of piperidine rings is 1. The van der Waals surface area contributed by atoms with E-state index < -0.39 is 89.8 Å². The predicted octanol–water partition coefficient (Wildman–Crippen LogP) is 3.91. The number of aliphatic hydroxyl groups excluding tert-OH is 3. The van der Waals surface area contributed by atoms with Crippen LogP contribution in [-0.4, -0.2) is 136 Å². The number of rotatable bonds is 9. The van der Waals surface area contributed by atoms with Crippen LogP contribution in [0.1, 0.15) is 118 Å². The molecular weight excluding hydrogens is 778 g/mol. The number of carboxylic acids is 1. The van der Waals surface area contributed by atoms with Gasteiger partial charge in [0.1, 0.15) is 24.0 Å². The van der Waals surface area contributed by atoms with E-state index in [0.717, 1.165) is 10.5 Å². The number of ether oxygens (including phenoxy) is 4. The predicted molar refractivity (Wildman–Crippen MR) is 219 cm³/mol. The lowest BCUT2D eigenvalue weighted by atomic mass is 9.78. The van der Waals surface area contributed by atoms with E-state index in [4.69, 9.17) is 18.9 Å². The fraction of sp³-hybridized carbons (Fsp3) is 0.800. The number of esters is 1. The number of Topliss-reactive ketones (excluding diaryl/α,β-unsaturated/α-hetero) is 2. The van der Waals surface area contributed by atoms with Gasteiger partial charge in [-0.15, -0.1) is 0 Å². The first-order chi connectivity index (χ1) is 28.3. The zero-order valence-electron chi connectivity index (χ0n) is 36.6. The Balaban J connectivity index is 1.79. The topological polar surface area (TPSA) is 227 Å². The molecule has 340 valence electrons. The van der Waals surface area contributed by atoms with Crippen LogP contribution in [0.3, 0.4) is 0 Å². The molecule has 1 aliphatic carbocycles. The molecule has 0 radical (unpaired) electrons. The number of fused-ring (bicyclic) bond motifs is 3. The van der Waals surface area contributed by atoms with Crippen molar-refractivity contribution in [3.05, 3.63) is 23.3 Å². The highest BCUT2D eigenvalue weighted by Gasteiger charge is 2.56. The molecule has 0 aromatic rings. The number of nitrogens with zero attached hydrogens (tertiary/aromatic N) is 1. The van der Waals surface area contributed by atoms with Crippen LogP contribution in [0.15, 0.2) is 23.3 Å². The Bertz CT molecular complexity index is 1560. The average molecular weight is 850 g/mol. The molecule has 0 aromatic heterocycles. The number of aliphatic hydroxyl groups is 4. The number of amides is 1. The summed E-state index contributed by atoms with van der Waals surface area (Å²) in [5.41, 5.74) is 1.44. The zero-order valence-corrected chi connectivity index (χ0v) is 36.6. The number of hydrogen-bond donors (Lipinski definition) is 5. The number of carboxylic acid groups (broad SMARTS) is 1. The lowest BCUT2D eigenvalue weighted by Gasteiger charge is -2.47. The lowest BCUT2D eigenvalue weighted by molar-refractivity contribution is -0.302. The summed E-state index contributed by atoms with van der Waals surface area (Å²) < 4.78 is 24.2. The monoisotopic (exact) mass is 849 g/mol. The Labute approximate surface area is 354 Å². The second-order valence-electron chi connectivity index (χ2n) is 18.2. The van der Waals surface area contributed by atoms with Crippen molar-refractivity contribution in [2.75, 3.05) is 27.4 Å². The van der Waals surface area contributed by atoms with Crippen LogP contribution in [0.5, 0.6) is 0 Å². The highest BCUT2D eigenvalue weighted by atomic mass is 16.7. The third kappa shape index (κ3) is 12.3. The third-order valence-corrected chi connectivity index (χ3v) is 13.5. The van der Waals surface area contributed by atoms with Gasteiger partial charge in [-0.2, -0.15) is 0 Å². The van der Waals surface area contributed by atoms with Gasteiger partial charge in [-0.3, -0.25) is 19.2 Å². The fourth-order valence-corrected chi connectivity index (χ4v) is 9.85. The van der Waals surface area contributed by atoms with E-state index in [0.29, 0.717) is 50.5 Å². The van der Waals surface area contributed by atoms with Crippen LogP contribution in [-0.2, 0) is 42.9 Å². The van der Waals surface area contributed by atoms with Crippen LogP contribution in [0.2, 0.25) is 0 Å². The molecular formula is C45H71NO14. The Morgan fingerprint density at radius 3 is 2.30 bits per heavy atom. The first-order valence-corrected chi connectivity index (χ1v) is 21.9. The van der Waals surface area contributed by atoms with Crippen molar-refractivity contribution in [2.45, 2.75) is 167 Å². The molecule has 15 heteroatoms. The van der Waals surface area contributed by atoms with Gasteiger partial charge in [0.15, 0.2) is 0 Å². The largest absolute Gasteiger partial charge is 0.481 e. The third-order valence-electron chi connectivity index (χ3n) is 13.5. The summed E-state index contributed by atoms with van der Waals surface area (Å²) in [6, 6.07) is -1.20. The Kier molecular flexibility index (Phi) is 18.5. The summed E-state index contributed by atoms with van der Waals surface area (Å²) in [4.78, 5) is 69.5. The van der Waals surface area contributed by atoms with Crippen molar-refractivity contribution in [1.82, 2.24) is 4.90 Å². The maximum Gasteiger partial charge on any atom is 0.329 e. The van der Waals surface area contributed by atoms with E-state index in [-0.39, 0.29) is 75.2 Å². The number of carbonyl (C=O) groups is 5.